The normalized spacial score (nSPS) is 27.9. The molecule has 1 aromatic heterocycles. The average Bonchev–Trinajstić information content (AvgIpc) is 2.86. The van der Waals surface area contributed by atoms with Crippen LogP contribution in [0.5, 0.6) is 0 Å². The van der Waals surface area contributed by atoms with Gasteiger partial charge >= 0.3 is 0 Å². The van der Waals surface area contributed by atoms with E-state index in [1.807, 2.05) is 12.3 Å². The van der Waals surface area contributed by atoms with Gasteiger partial charge in [0, 0.05) is 37.9 Å². The van der Waals surface area contributed by atoms with Crippen molar-refractivity contribution in [1.29, 1.82) is 0 Å². The molecular formula is C14H21N3. The molecule has 0 aliphatic carbocycles. The first-order valence-corrected chi connectivity index (χ1v) is 6.73. The van der Waals surface area contributed by atoms with Gasteiger partial charge in [-0.1, -0.05) is 6.07 Å². The number of nitrogens with zero attached hydrogens (tertiary/aromatic N) is 3. The van der Waals surface area contributed by atoms with E-state index in [9.17, 15) is 0 Å². The van der Waals surface area contributed by atoms with Crippen LogP contribution in [-0.2, 0) is 0 Å². The van der Waals surface area contributed by atoms with Gasteiger partial charge < -0.3 is 0 Å². The maximum Gasteiger partial charge on any atom is 0.0572 e. The molecule has 2 aliphatic heterocycles. The third-order valence-electron chi connectivity index (χ3n) is 4.28. The van der Waals surface area contributed by atoms with E-state index in [0.717, 1.165) is 6.04 Å². The summed E-state index contributed by atoms with van der Waals surface area (Å²) in [6.45, 7) is 7.25. The number of piperazine rings is 1. The Morgan fingerprint density at radius 2 is 2.24 bits per heavy atom. The molecule has 0 saturated carbocycles. The first-order chi connectivity index (χ1) is 8.34. The number of hydrogen-bond donors (Lipinski definition) is 0. The van der Waals surface area contributed by atoms with Crippen LogP contribution in [0.4, 0.5) is 0 Å². The van der Waals surface area contributed by atoms with Crippen LogP contribution in [0.1, 0.15) is 31.5 Å². The lowest BCUT2D eigenvalue weighted by molar-refractivity contribution is 0.0757. The first kappa shape index (κ1) is 11.2. The smallest absolute Gasteiger partial charge is 0.0572 e. The molecule has 0 radical (unpaired) electrons. The summed E-state index contributed by atoms with van der Waals surface area (Å²) in [6.07, 6.45) is 4.67. The Morgan fingerprint density at radius 1 is 1.29 bits per heavy atom. The molecule has 2 aliphatic rings. The van der Waals surface area contributed by atoms with E-state index in [0.29, 0.717) is 6.04 Å². The Balaban J connectivity index is 1.69. The van der Waals surface area contributed by atoms with Crippen molar-refractivity contribution in [1.82, 2.24) is 14.8 Å². The minimum atomic E-state index is 0.457. The van der Waals surface area contributed by atoms with Crippen LogP contribution >= 0.6 is 0 Å². The fourth-order valence-electron chi connectivity index (χ4n) is 3.18. The number of rotatable bonds is 2. The quantitative estimate of drug-likeness (QED) is 0.775. The fraction of sp³-hybridized carbons (Fsp3) is 0.643. The lowest BCUT2D eigenvalue weighted by Gasteiger charge is -2.40. The minimum Gasteiger partial charge on any atom is -0.298 e. The van der Waals surface area contributed by atoms with Gasteiger partial charge in [-0.15, -0.1) is 0 Å². The highest BCUT2D eigenvalue weighted by Crippen LogP contribution is 2.26. The van der Waals surface area contributed by atoms with Crippen LogP contribution in [0.2, 0.25) is 0 Å². The Kier molecular flexibility index (Phi) is 3.12. The summed E-state index contributed by atoms with van der Waals surface area (Å²) in [5.74, 6) is 0. The Morgan fingerprint density at radius 3 is 3.06 bits per heavy atom. The van der Waals surface area contributed by atoms with Crippen LogP contribution in [0.3, 0.4) is 0 Å². The van der Waals surface area contributed by atoms with E-state index in [1.54, 1.807) is 0 Å². The monoisotopic (exact) mass is 231 g/mol. The van der Waals surface area contributed by atoms with E-state index in [1.165, 1.54) is 44.7 Å². The molecule has 3 nitrogen and oxygen atoms in total. The summed E-state index contributed by atoms with van der Waals surface area (Å²) < 4.78 is 0. The topological polar surface area (TPSA) is 19.4 Å². The molecule has 0 N–H and O–H groups in total. The highest BCUT2D eigenvalue weighted by atomic mass is 15.3. The summed E-state index contributed by atoms with van der Waals surface area (Å²) in [5, 5.41) is 0. The SMILES string of the molecule is CC(c1ccccn1)N1CCN2CCCC2C1. The second kappa shape index (κ2) is 4.75. The molecule has 3 heterocycles. The highest BCUT2D eigenvalue weighted by Gasteiger charge is 2.32. The van der Waals surface area contributed by atoms with Crippen LogP contribution in [0.15, 0.2) is 24.4 Å². The van der Waals surface area contributed by atoms with E-state index in [2.05, 4.69) is 33.8 Å². The molecular weight excluding hydrogens is 210 g/mol. The Hall–Kier alpha value is -0.930. The van der Waals surface area contributed by atoms with Crippen molar-refractivity contribution in [3.63, 3.8) is 0 Å². The van der Waals surface area contributed by atoms with Gasteiger partial charge in [0.15, 0.2) is 0 Å². The Labute approximate surface area is 103 Å². The van der Waals surface area contributed by atoms with Crippen molar-refractivity contribution in [3.8, 4) is 0 Å². The van der Waals surface area contributed by atoms with Gasteiger partial charge in [-0.05, 0) is 38.4 Å². The molecule has 0 amide bonds. The fourth-order valence-corrected chi connectivity index (χ4v) is 3.18. The number of pyridine rings is 1. The van der Waals surface area contributed by atoms with Gasteiger partial charge in [0.2, 0.25) is 0 Å². The molecule has 17 heavy (non-hydrogen) atoms. The second-order valence-corrected chi connectivity index (χ2v) is 5.26. The van der Waals surface area contributed by atoms with E-state index >= 15 is 0 Å². The predicted octanol–water partition coefficient (Wildman–Crippen LogP) is 1.92. The number of fused-ring (bicyclic) bond motifs is 1. The van der Waals surface area contributed by atoms with Crippen molar-refractivity contribution in [2.75, 3.05) is 26.2 Å². The largest absolute Gasteiger partial charge is 0.298 e. The standard InChI is InChI=1S/C14H21N3/c1-12(14-6-2-3-7-15-14)17-10-9-16-8-4-5-13(16)11-17/h2-3,6-7,12-13H,4-5,8-11H2,1H3. The third-order valence-corrected chi connectivity index (χ3v) is 4.28. The molecule has 3 rings (SSSR count). The van der Waals surface area contributed by atoms with Crippen molar-refractivity contribution in [2.24, 2.45) is 0 Å². The molecule has 2 saturated heterocycles. The van der Waals surface area contributed by atoms with Gasteiger partial charge in [-0.2, -0.15) is 0 Å². The van der Waals surface area contributed by atoms with Crippen molar-refractivity contribution in [2.45, 2.75) is 31.8 Å². The van der Waals surface area contributed by atoms with Crippen molar-refractivity contribution in [3.05, 3.63) is 30.1 Å². The molecule has 2 unspecified atom stereocenters. The van der Waals surface area contributed by atoms with Gasteiger partial charge in [0.05, 0.1) is 5.69 Å². The maximum atomic E-state index is 4.48. The minimum absolute atomic E-state index is 0.457. The zero-order valence-corrected chi connectivity index (χ0v) is 10.5. The molecule has 2 atom stereocenters. The summed E-state index contributed by atoms with van der Waals surface area (Å²) >= 11 is 0. The summed E-state index contributed by atoms with van der Waals surface area (Å²) in [6, 6.07) is 7.48. The van der Waals surface area contributed by atoms with Crippen LogP contribution in [-0.4, -0.2) is 47.0 Å². The van der Waals surface area contributed by atoms with Crippen molar-refractivity contribution >= 4 is 0 Å². The summed E-state index contributed by atoms with van der Waals surface area (Å²) in [4.78, 5) is 9.73. The van der Waals surface area contributed by atoms with E-state index in [4.69, 9.17) is 0 Å². The summed E-state index contributed by atoms with van der Waals surface area (Å²) in [7, 11) is 0. The second-order valence-electron chi connectivity index (χ2n) is 5.26. The highest BCUT2D eigenvalue weighted by molar-refractivity contribution is 5.08. The van der Waals surface area contributed by atoms with E-state index in [-0.39, 0.29) is 0 Å². The zero-order valence-electron chi connectivity index (χ0n) is 10.5. The third kappa shape index (κ3) is 2.22. The molecule has 92 valence electrons. The molecule has 2 fully saturated rings. The predicted molar refractivity (Wildman–Crippen MR) is 68.8 cm³/mol. The van der Waals surface area contributed by atoms with Gasteiger partial charge in [-0.25, -0.2) is 0 Å². The van der Waals surface area contributed by atoms with Gasteiger partial charge in [0.1, 0.15) is 0 Å². The molecule has 3 heteroatoms. The van der Waals surface area contributed by atoms with Gasteiger partial charge in [-0.3, -0.25) is 14.8 Å². The van der Waals surface area contributed by atoms with Gasteiger partial charge in [0.25, 0.3) is 0 Å². The van der Waals surface area contributed by atoms with Crippen LogP contribution in [0.25, 0.3) is 0 Å². The zero-order chi connectivity index (χ0) is 11.7. The molecule has 0 bridgehead atoms. The van der Waals surface area contributed by atoms with Crippen LogP contribution < -0.4 is 0 Å². The first-order valence-electron chi connectivity index (χ1n) is 6.73. The average molecular weight is 231 g/mol. The molecule has 0 spiro atoms. The summed E-state index contributed by atoms with van der Waals surface area (Å²) in [5.41, 5.74) is 1.21. The molecule has 1 aromatic rings. The lowest BCUT2D eigenvalue weighted by atomic mass is 10.1. The van der Waals surface area contributed by atoms with Crippen LogP contribution in [0, 0.1) is 0 Å². The van der Waals surface area contributed by atoms with Crippen molar-refractivity contribution < 1.29 is 0 Å². The number of aromatic nitrogens is 1. The maximum absolute atomic E-state index is 4.48. The number of hydrogen-bond acceptors (Lipinski definition) is 3. The molecule has 0 aromatic carbocycles. The van der Waals surface area contributed by atoms with E-state index < -0.39 is 0 Å². The lowest BCUT2D eigenvalue weighted by Crippen LogP contribution is -2.50. The Bertz CT molecular complexity index is 365.